The predicted molar refractivity (Wildman–Crippen MR) is 144 cm³/mol. The topological polar surface area (TPSA) is 53.2 Å². The highest BCUT2D eigenvalue weighted by molar-refractivity contribution is 7.81. The fourth-order valence-corrected chi connectivity index (χ4v) is 3.64. The minimum atomic E-state index is -0.187. The number of benzene rings is 4. The Morgan fingerprint density at radius 2 is 0.818 bits per heavy atom. The number of carbonyl (C=O) groups is 1. The Hall–Kier alpha value is -3.87. The van der Waals surface area contributed by atoms with Crippen LogP contribution in [0.15, 0.2) is 109 Å². The molecule has 0 radical (unpaired) electrons. The second-order valence-corrected chi connectivity index (χ2v) is 8.07. The van der Waals surface area contributed by atoms with Gasteiger partial charge in [-0.05, 0) is 48.5 Å². The first kappa shape index (κ1) is 22.3. The average molecular weight is 468 g/mol. The summed E-state index contributed by atoms with van der Waals surface area (Å²) in [4.78, 5) is 13.9. The van der Waals surface area contributed by atoms with Crippen LogP contribution >= 0.6 is 24.4 Å². The minimum absolute atomic E-state index is 0.187. The van der Waals surface area contributed by atoms with E-state index in [2.05, 4.69) is 16.0 Å². The molecule has 6 heteroatoms. The maximum Gasteiger partial charge on any atom is 0.255 e. The zero-order valence-corrected chi connectivity index (χ0v) is 19.3. The molecule has 0 aliphatic rings. The SMILES string of the molecule is O=C(Nc1ccc(NC(=S)c2ccccc2)cc1)c1ccc(NC(=S)c2ccccc2)cc1. The molecule has 162 valence electrons. The highest BCUT2D eigenvalue weighted by Crippen LogP contribution is 2.17. The summed E-state index contributed by atoms with van der Waals surface area (Å²) in [5.41, 5.74) is 4.82. The van der Waals surface area contributed by atoms with Gasteiger partial charge in [-0.2, -0.15) is 0 Å². The van der Waals surface area contributed by atoms with Gasteiger partial charge in [0.1, 0.15) is 9.98 Å². The zero-order chi connectivity index (χ0) is 23.0. The van der Waals surface area contributed by atoms with E-state index in [0.29, 0.717) is 21.2 Å². The third-order valence-electron chi connectivity index (χ3n) is 4.88. The molecule has 3 N–H and O–H groups in total. The highest BCUT2D eigenvalue weighted by Gasteiger charge is 2.08. The van der Waals surface area contributed by atoms with Gasteiger partial charge in [-0.15, -0.1) is 0 Å². The second kappa shape index (κ2) is 10.6. The van der Waals surface area contributed by atoms with Crippen LogP contribution in [0.1, 0.15) is 21.5 Å². The van der Waals surface area contributed by atoms with Crippen molar-refractivity contribution < 1.29 is 4.79 Å². The molecule has 0 saturated carbocycles. The molecule has 0 aliphatic carbocycles. The lowest BCUT2D eigenvalue weighted by Gasteiger charge is -2.11. The molecule has 0 saturated heterocycles. The first-order chi connectivity index (χ1) is 16.1. The van der Waals surface area contributed by atoms with Gasteiger partial charge >= 0.3 is 0 Å². The third-order valence-corrected chi connectivity index (χ3v) is 5.55. The zero-order valence-electron chi connectivity index (χ0n) is 17.6. The Balaban J connectivity index is 1.33. The minimum Gasteiger partial charge on any atom is -0.346 e. The molecule has 1 amide bonds. The molecule has 0 aromatic heterocycles. The quantitative estimate of drug-likeness (QED) is 0.282. The van der Waals surface area contributed by atoms with Crippen molar-refractivity contribution in [3.8, 4) is 0 Å². The molecule has 0 heterocycles. The summed E-state index contributed by atoms with van der Waals surface area (Å²) < 4.78 is 0. The van der Waals surface area contributed by atoms with E-state index < -0.39 is 0 Å². The summed E-state index contributed by atoms with van der Waals surface area (Å²) in [6, 6.07) is 34.1. The van der Waals surface area contributed by atoms with Gasteiger partial charge in [0.2, 0.25) is 0 Å². The highest BCUT2D eigenvalue weighted by atomic mass is 32.1. The van der Waals surface area contributed by atoms with Gasteiger partial charge in [-0.3, -0.25) is 4.79 Å². The van der Waals surface area contributed by atoms with Gasteiger partial charge in [-0.25, -0.2) is 0 Å². The van der Waals surface area contributed by atoms with E-state index in [1.807, 2.05) is 97.1 Å². The number of hydrogen-bond donors (Lipinski definition) is 3. The van der Waals surface area contributed by atoms with Gasteiger partial charge in [0.15, 0.2) is 0 Å². The summed E-state index contributed by atoms with van der Waals surface area (Å²) in [7, 11) is 0. The maximum atomic E-state index is 12.6. The molecule has 0 unspecified atom stereocenters. The van der Waals surface area contributed by atoms with Gasteiger partial charge in [0.05, 0.1) is 0 Å². The second-order valence-electron chi connectivity index (χ2n) is 7.25. The number of nitrogens with one attached hydrogen (secondary N) is 3. The van der Waals surface area contributed by atoms with Crippen LogP contribution in [0.2, 0.25) is 0 Å². The van der Waals surface area contributed by atoms with Crippen LogP contribution in [0.5, 0.6) is 0 Å². The number of amides is 1. The van der Waals surface area contributed by atoms with Crippen LogP contribution in [0.3, 0.4) is 0 Å². The van der Waals surface area contributed by atoms with Gasteiger partial charge in [-0.1, -0.05) is 85.1 Å². The molecule has 0 atom stereocenters. The normalized spacial score (nSPS) is 10.2. The summed E-state index contributed by atoms with van der Waals surface area (Å²) in [5, 5.41) is 9.31. The number of thiocarbonyl (C=S) groups is 2. The van der Waals surface area contributed by atoms with Crippen LogP contribution in [0, 0.1) is 0 Å². The predicted octanol–water partition coefficient (Wildman–Crippen LogP) is 6.51. The van der Waals surface area contributed by atoms with Crippen molar-refractivity contribution in [3.05, 3.63) is 126 Å². The van der Waals surface area contributed by atoms with E-state index in [1.54, 1.807) is 12.1 Å². The van der Waals surface area contributed by atoms with Crippen molar-refractivity contribution in [2.24, 2.45) is 0 Å². The van der Waals surface area contributed by atoms with Crippen LogP contribution in [0.25, 0.3) is 0 Å². The lowest BCUT2D eigenvalue weighted by molar-refractivity contribution is 0.102. The molecular weight excluding hydrogens is 446 g/mol. The third kappa shape index (κ3) is 6.10. The van der Waals surface area contributed by atoms with E-state index in [1.165, 1.54) is 0 Å². The first-order valence-electron chi connectivity index (χ1n) is 10.3. The molecule has 0 fully saturated rings. The lowest BCUT2D eigenvalue weighted by atomic mass is 10.1. The molecule has 4 rings (SSSR count). The fraction of sp³-hybridized carbons (Fsp3) is 0. The van der Waals surface area contributed by atoms with Crippen molar-refractivity contribution in [2.45, 2.75) is 0 Å². The standard InChI is InChI=1S/C27H21N3OS2/c31-25(19-11-13-23(14-12-19)29-26(32)20-7-3-1-4-8-20)28-22-15-17-24(18-16-22)30-27(33)21-9-5-2-6-10-21/h1-18H,(H,28,31)(H,29,32)(H,30,33). The van der Waals surface area contributed by atoms with E-state index >= 15 is 0 Å². The summed E-state index contributed by atoms with van der Waals surface area (Å²) in [5.74, 6) is -0.187. The lowest BCUT2D eigenvalue weighted by Crippen LogP contribution is -2.13. The summed E-state index contributed by atoms with van der Waals surface area (Å²) in [6.45, 7) is 0. The summed E-state index contributed by atoms with van der Waals surface area (Å²) in [6.07, 6.45) is 0. The van der Waals surface area contributed by atoms with Crippen LogP contribution in [-0.2, 0) is 0 Å². The van der Waals surface area contributed by atoms with Crippen LogP contribution in [0.4, 0.5) is 17.1 Å². The number of rotatable bonds is 6. The van der Waals surface area contributed by atoms with E-state index in [0.717, 1.165) is 22.5 Å². The molecule has 0 spiro atoms. The molecular formula is C27H21N3OS2. The largest absolute Gasteiger partial charge is 0.346 e. The molecule has 33 heavy (non-hydrogen) atoms. The van der Waals surface area contributed by atoms with Gasteiger partial charge in [0.25, 0.3) is 5.91 Å². The number of carbonyl (C=O) groups excluding carboxylic acids is 1. The van der Waals surface area contributed by atoms with Crippen LogP contribution < -0.4 is 16.0 Å². The van der Waals surface area contributed by atoms with Gasteiger partial charge in [0, 0.05) is 33.8 Å². The van der Waals surface area contributed by atoms with E-state index in [4.69, 9.17) is 24.4 Å². The Bertz CT molecular complexity index is 1260. The molecule has 4 nitrogen and oxygen atoms in total. The van der Waals surface area contributed by atoms with Gasteiger partial charge < -0.3 is 16.0 Å². The smallest absolute Gasteiger partial charge is 0.255 e. The molecule has 4 aromatic carbocycles. The Morgan fingerprint density at radius 3 is 1.24 bits per heavy atom. The van der Waals surface area contributed by atoms with Crippen molar-refractivity contribution >= 4 is 57.4 Å². The van der Waals surface area contributed by atoms with E-state index in [9.17, 15) is 4.79 Å². The first-order valence-corrected chi connectivity index (χ1v) is 11.1. The van der Waals surface area contributed by atoms with E-state index in [-0.39, 0.29) is 5.91 Å². The molecule has 0 bridgehead atoms. The van der Waals surface area contributed by atoms with Crippen molar-refractivity contribution in [3.63, 3.8) is 0 Å². The summed E-state index contributed by atoms with van der Waals surface area (Å²) >= 11 is 10.9. The van der Waals surface area contributed by atoms with Crippen LogP contribution in [-0.4, -0.2) is 15.9 Å². The maximum absolute atomic E-state index is 12.6. The number of hydrogen-bond acceptors (Lipinski definition) is 3. The monoisotopic (exact) mass is 467 g/mol. The van der Waals surface area contributed by atoms with Crippen molar-refractivity contribution in [1.82, 2.24) is 0 Å². The van der Waals surface area contributed by atoms with Crippen molar-refractivity contribution in [1.29, 1.82) is 0 Å². The number of anilines is 3. The van der Waals surface area contributed by atoms with Crippen molar-refractivity contribution in [2.75, 3.05) is 16.0 Å². The molecule has 4 aromatic rings. The molecule has 0 aliphatic heterocycles. The Kier molecular flexibility index (Phi) is 7.19. The average Bonchev–Trinajstić information content (AvgIpc) is 2.86. The Morgan fingerprint density at radius 1 is 0.455 bits per heavy atom. The Labute approximate surface area is 203 Å². The fourth-order valence-electron chi connectivity index (χ4n) is 3.13.